The van der Waals surface area contributed by atoms with Gasteiger partial charge in [0.2, 0.25) is 0 Å². The Kier molecular flexibility index (Phi) is 15.8. The van der Waals surface area contributed by atoms with Crippen LogP contribution in [0.25, 0.3) is 0 Å². The third kappa shape index (κ3) is 14.1. The van der Waals surface area contributed by atoms with Crippen molar-refractivity contribution in [2.45, 2.75) is 97.5 Å². The fourth-order valence-corrected chi connectivity index (χ4v) is 2.13. The van der Waals surface area contributed by atoms with Gasteiger partial charge in [0, 0.05) is 0 Å². The van der Waals surface area contributed by atoms with Crippen LogP contribution in [0, 0.1) is 0 Å². The van der Waals surface area contributed by atoms with E-state index in [9.17, 15) is 0 Å². The molecule has 0 aromatic rings. The fourth-order valence-electron chi connectivity index (χ4n) is 2.13. The number of unbranched alkanes of at least 4 members (excludes halogenated alkanes) is 8. The van der Waals surface area contributed by atoms with Crippen LogP contribution in [0.15, 0.2) is 0 Å². The summed E-state index contributed by atoms with van der Waals surface area (Å²) < 4.78 is 0. The fraction of sp³-hybridized carbons (Fsp3) is 1.00. The molecule has 1 unspecified atom stereocenters. The Morgan fingerprint density at radius 2 is 1.32 bits per heavy atom. The van der Waals surface area contributed by atoms with Gasteiger partial charge in [-0.3, -0.25) is 0 Å². The Hall–Kier alpha value is -0.120. The molecule has 0 bridgehead atoms. The first-order valence-electron chi connectivity index (χ1n) is 8.30. The lowest BCUT2D eigenvalue weighted by molar-refractivity contribution is -0.525. The molecule has 116 valence electrons. The molecule has 0 rings (SSSR count). The summed E-state index contributed by atoms with van der Waals surface area (Å²) >= 11 is 0. The van der Waals surface area contributed by atoms with E-state index in [4.69, 9.17) is 9.78 Å². The van der Waals surface area contributed by atoms with Crippen LogP contribution in [0.4, 0.5) is 0 Å². The molecule has 0 heterocycles. The van der Waals surface area contributed by atoms with Crippen LogP contribution in [0.1, 0.15) is 91.4 Å². The number of rotatable bonds is 15. The molecule has 3 nitrogen and oxygen atoms in total. The van der Waals surface area contributed by atoms with Crippen LogP contribution in [-0.4, -0.2) is 12.7 Å². The minimum absolute atomic E-state index is 0.177. The van der Waals surface area contributed by atoms with Crippen LogP contribution in [0.5, 0.6) is 0 Å². The Morgan fingerprint density at radius 3 is 1.84 bits per heavy atom. The van der Waals surface area contributed by atoms with Gasteiger partial charge in [-0.1, -0.05) is 76.7 Å². The zero-order chi connectivity index (χ0) is 14.2. The highest BCUT2D eigenvalue weighted by atomic mass is 17.5. The normalized spacial score (nSPS) is 12.8. The topological polar surface area (TPSA) is 27.7 Å². The van der Waals surface area contributed by atoms with Crippen molar-refractivity contribution in [3.8, 4) is 0 Å². The molecule has 0 aromatic heterocycles. The SMILES string of the molecule is CCCCCCCCCCCC(CC)OOOCC. The molecule has 0 aromatic carbocycles. The highest BCUT2D eigenvalue weighted by molar-refractivity contribution is 4.54. The Balaban J connectivity index is 3.21. The van der Waals surface area contributed by atoms with Gasteiger partial charge in [0.05, 0.1) is 12.7 Å². The number of hydrogen-bond acceptors (Lipinski definition) is 3. The Labute approximate surface area is 119 Å². The van der Waals surface area contributed by atoms with Gasteiger partial charge < -0.3 is 0 Å². The molecule has 0 radical (unpaired) electrons. The van der Waals surface area contributed by atoms with Gasteiger partial charge in [0.25, 0.3) is 0 Å². The Morgan fingerprint density at radius 1 is 0.737 bits per heavy atom. The molecule has 0 N–H and O–H groups in total. The van der Waals surface area contributed by atoms with Crippen molar-refractivity contribution in [2.75, 3.05) is 6.61 Å². The van der Waals surface area contributed by atoms with Crippen LogP contribution in [0.2, 0.25) is 0 Å². The predicted molar refractivity (Wildman–Crippen MR) is 79.7 cm³/mol. The summed E-state index contributed by atoms with van der Waals surface area (Å²) in [6.07, 6.45) is 14.5. The van der Waals surface area contributed by atoms with E-state index in [1.807, 2.05) is 6.92 Å². The molecule has 3 heteroatoms. The molecular formula is C16H34O3. The van der Waals surface area contributed by atoms with E-state index in [-0.39, 0.29) is 6.10 Å². The van der Waals surface area contributed by atoms with E-state index in [1.165, 1.54) is 57.8 Å². The summed E-state index contributed by atoms with van der Waals surface area (Å²) in [6.45, 7) is 6.79. The average Bonchev–Trinajstić information content (AvgIpc) is 2.43. The van der Waals surface area contributed by atoms with Gasteiger partial charge in [-0.2, -0.15) is 0 Å². The quantitative estimate of drug-likeness (QED) is 0.221. The van der Waals surface area contributed by atoms with E-state index in [0.29, 0.717) is 6.61 Å². The maximum atomic E-state index is 5.18. The van der Waals surface area contributed by atoms with Gasteiger partial charge in [-0.25, -0.2) is 9.78 Å². The van der Waals surface area contributed by atoms with E-state index in [1.54, 1.807) is 0 Å². The van der Waals surface area contributed by atoms with Crippen LogP contribution in [0.3, 0.4) is 0 Å². The summed E-state index contributed by atoms with van der Waals surface area (Å²) in [5.41, 5.74) is 0. The maximum Gasteiger partial charge on any atom is 0.0958 e. The van der Waals surface area contributed by atoms with Crippen molar-refractivity contribution in [2.24, 2.45) is 0 Å². The third-order valence-electron chi connectivity index (χ3n) is 3.43. The van der Waals surface area contributed by atoms with E-state index in [0.717, 1.165) is 12.8 Å². The smallest absolute Gasteiger partial charge is 0.0958 e. The minimum atomic E-state index is 0.177. The summed E-state index contributed by atoms with van der Waals surface area (Å²) in [5, 5.41) is 4.67. The monoisotopic (exact) mass is 274 g/mol. The van der Waals surface area contributed by atoms with Crippen molar-refractivity contribution in [3.05, 3.63) is 0 Å². The summed E-state index contributed by atoms with van der Waals surface area (Å²) in [4.78, 5) is 9.92. The first-order chi connectivity index (χ1) is 9.35. The summed E-state index contributed by atoms with van der Waals surface area (Å²) in [5.74, 6) is 0. The predicted octanol–water partition coefficient (Wildman–Crippen LogP) is 5.59. The molecule has 0 aliphatic rings. The van der Waals surface area contributed by atoms with Crippen molar-refractivity contribution in [1.82, 2.24) is 0 Å². The third-order valence-corrected chi connectivity index (χ3v) is 3.43. The minimum Gasteiger partial charge on any atom is -0.206 e. The average molecular weight is 274 g/mol. The van der Waals surface area contributed by atoms with Crippen LogP contribution in [-0.2, 0) is 14.8 Å². The first-order valence-corrected chi connectivity index (χ1v) is 8.30. The van der Waals surface area contributed by atoms with Gasteiger partial charge in [0.1, 0.15) is 0 Å². The van der Waals surface area contributed by atoms with Crippen molar-refractivity contribution < 1.29 is 14.8 Å². The molecule has 0 saturated heterocycles. The molecule has 1 atom stereocenters. The molecule has 0 spiro atoms. The second kappa shape index (κ2) is 15.9. The first kappa shape index (κ1) is 18.9. The lowest BCUT2D eigenvalue weighted by Crippen LogP contribution is -2.12. The zero-order valence-corrected chi connectivity index (χ0v) is 13.3. The standard InChI is InChI=1S/C16H34O3/c1-4-7-8-9-10-11-12-13-14-15-16(5-2)18-19-17-6-3/h16H,4-15H2,1-3H3. The molecule has 0 saturated carbocycles. The molecule has 19 heavy (non-hydrogen) atoms. The molecule has 0 aliphatic carbocycles. The largest absolute Gasteiger partial charge is 0.206 e. The van der Waals surface area contributed by atoms with Gasteiger partial charge in [-0.15, -0.1) is 0 Å². The van der Waals surface area contributed by atoms with Crippen molar-refractivity contribution in [1.29, 1.82) is 0 Å². The van der Waals surface area contributed by atoms with Crippen molar-refractivity contribution >= 4 is 0 Å². The second-order valence-corrected chi connectivity index (χ2v) is 5.22. The molecule has 0 fully saturated rings. The second-order valence-electron chi connectivity index (χ2n) is 5.22. The lowest BCUT2D eigenvalue weighted by Gasteiger charge is -2.13. The maximum absolute atomic E-state index is 5.18. The highest BCUT2D eigenvalue weighted by Crippen LogP contribution is 2.14. The summed E-state index contributed by atoms with van der Waals surface area (Å²) in [6, 6.07) is 0. The lowest BCUT2D eigenvalue weighted by atomic mass is 10.0. The highest BCUT2D eigenvalue weighted by Gasteiger charge is 2.07. The zero-order valence-electron chi connectivity index (χ0n) is 13.3. The van der Waals surface area contributed by atoms with E-state index in [2.05, 4.69) is 18.9 Å². The van der Waals surface area contributed by atoms with Crippen LogP contribution >= 0.6 is 0 Å². The summed E-state index contributed by atoms with van der Waals surface area (Å²) in [7, 11) is 0. The number of hydrogen-bond donors (Lipinski definition) is 0. The Bertz CT molecular complexity index is 162. The van der Waals surface area contributed by atoms with E-state index < -0.39 is 0 Å². The molecular weight excluding hydrogens is 240 g/mol. The van der Waals surface area contributed by atoms with Gasteiger partial charge >= 0.3 is 0 Å². The molecule has 0 amide bonds. The van der Waals surface area contributed by atoms with E-state index >= 15 is 0 Å². The van der Waals surface area contributed by atoms with Crippen molar-refractivity contribution in [3.63, 3.8) is 0 Å². The van der Waals surface area contributed by atoms with Gasteiger partial charge in [-0.05, 0) is 19.8 Å². The van der Waals surface area contributed by atoms with Crippen LogP contribution < -0.4 is 0 Å². The molecule has 0 aliphatic heterocycles. The van der Waals surface area contributed by atoms with Gasteiger partial charge in [0.15, 0.2) is 0 Å².